The monoisotopic (exact) mass is 310 g/mol. The van der Waals surface area contributed by atoms with Crippen LogP contribution in [0.1, 0.15) is 24.0 Å². The van der Waals surface area contributed by atoms with Gasteiger partial charge in [-0.2, -0.15) is 0 Å². The van der Waals surface area contributed by atoms with Crippen molar-refractivity contribution < 1.29 is 14.7 Å². The lowest BCUT2D eigenvalue weighted by molar-refractivity contribution is -0.142. The van der Waals surface area contributed by atoms with Gasteiger partial charge < -0.3 is 10.4 Å². The number of carbonyl (C=O) groups excluding carboxylic acids is 1. The largest absolute Gasteiger partial charge is 0.480 e. The molecular weight excluding hydrogens is 292 g/mol. The van der Waals surface area contributed by atoms with Crippen molar-refractivity contribution in [3.63, 3.8) is 0 Å². The number of carbonyl (C=O) groups is 2. The molecule has 1 aromatic carbocycles. The lowest BCUT2D eigenvalue weighted by Crippen LogP contribution is -2.41. The van der Waals surface area contributed by atoms with Gasteiger partial charge in [0, 0.05) is 0 Å². The molecule has 0 aliphatic carbocycles. The third-order valence-electron chi connectivity index (χ3n) is 3.69. The molecular formula is C15H19ClN2O3. The first kappa shape index (κ1) is 15.8. The smallest absolute Gasteiger partial charge is 0.320 e. The molecule has 5 nitrogen and oxygen atoms in total. The summed E-state index contributed by atoms with van der Waals surface area (Å²) in [6.07, 6.45) is 1.39. The molecule has 0 spiro atoms. The van der Waals surface area contributed by atoms with E-state index in [4.69, 9.17) is 16.7 Å². The summed E-state index contributed by atoms with van der Waals surface area (Å²) in [7, 11) is 0. The average molecular weight is 311 g/mol. The van der Waals surface area contributed by atoms with Crippen molar-refractivity contribution in [2.75, 3.05) is 18.4 Å². The molecule has 0 saturated carbocycles. The summed E-state index contributed by atoms with van der Waals surface area (Å²) in [6, 6.07) is 3.17. The highest BCUT2D eigenvalue weighted by Gasteiger charge is 2.31. The highest BCUT2D eigenvalue weighted by Crippen LogP contribution is 2.27. The second-order valence-electron chi connectivity index (χ2n) is 5.45. The molecule has 1 fully saturated rings. The lowest BCUT2D eigenvalue weighted by atomic mass is 10.1. The third-order valence-corrected chi connectivity index (χ3v) is 3.99. The number of carboxylic acid groups (broad SMARTS) is 1. The van der Waals surface area contributed by atoms with Gasteiger partial charge in [-0.3, -0.25) is 14.5 Å². The van der Waals surface area contributed by atoms with Crippen molar-refractivity contribution in [1.82, 2.24) is 4.90 Å². The van der Waals surface area contributed by atoms with Crippen LogP contribution in [0.4, 0.5) is 5.69 Å². The fourth-order valence-corrected chi connectivity index (χ4v) is 3.10. The number of hydrogen-bond donors (Lipinski definition) is 2. The van der Waals surface area contributed by atoms with E-state index in [2.05, 4.69) is 5.32 Å². The molecule has 6 heteroatoms. The van der Waals surface area contributed by atoms with E-state index < -0.39 is 12.0 Å². The molecule has 0 unspecified atom stereocenters. The first-order valence-corrected chi connectivity index (χ1v) is 7.29. The summed E-state index contributed by atoms with van der Waals surface area (Å²) in [4.78, 5) is 24.9. The van der Waals surface area contributed by atoms with Crippen molar-refractivity contribution in [1.29, 1.82) is 0 Å². The Hall–Kier alpha value is -1.59. The van der Waals surface area contributed by atoms with Crippen LogP contribution in [0.2, 0.25) is 5.02 Å². The van der Waals surface area contributed by atoms with E-state index in [1.807, 2.05) is 19.9 Å². The number of aliphatic carboxylic acids is 1. The molecule has 1 aliphatic rings. The molecule has 0 bridgehead atoms. The van der Waals surface area contributed by atoms with Crippen LogP contribution in [0.25, 0.3) is 0 Å². The zero-order chi connectivity index (χ0) is 15.6. The van der Waals surface area contributed by atoms with Crippen LogP contribution in [-0.2, 0) is 9.59 Å². The fourth-order valence-electron chi connectivity index (χ4n) is 2.73. The van der Waals surface area contributed by atoms with E-state index in [1.54, 1.807) is 11.0 Å². The van der Waals surface area contributed by atoms with Crippen molar-refractivity contribution in [3.05, 3.63) is 28.3 Å². The normalized spacial score (nSPS) is 18.7. The number of anilines is 1. The van der Waals surface area contributed by atoms with Gasteiger partial charge in [-0.15, -0.1) is 0 Å². The second kappa shape index (κ2) is 6.45. The van der Waals surface area contributed by atoms with Gasteiger partial charge >= 0.3 is 5.97 Å². The van der Waals surface area contributed by atoms with Crippen molar-refractivity contribution >= 4 is 29.2 Å². The minimum Gasteiger partial charge on any atom is -0.480 e. The molecule has 1 amide bonds. The van der Waals surface area contributed by atoms with Gasteiger partial charge in [0.2, 0.25) is 5.91 Å². The van der Waals surface area contributed by atoms with E-state index in [9.17, 15) is 9.59 Å². The minimum absolute atomic E-state index is 0.0701. The number of rotatable bonds is 4. The van der Waals surface area contributed by atoms with E-state index >= 15 is 0 Å². The van der Waals surface area contributed by atoms with E-state index in [1.165, 1.54) is 0 Å². The maximum Gasteiger partial charge on any atom is 0.320 e. The molecule has 1 aliphatic heterocycles. The molecule has 0 aromatic heterocycles. The number of carboxylic acids is 1. The highest BCUT2D eigenvalue weighted by atomic mass is 35.5. The number of nitrogens with zero attached hydrogens (tertiary/aromatic N) is 1. The van der Waals surface area contributed by atoms with E-state index in [0.29, 0.717) is 23.7 Å². The predicted octanol–water partition coefficient (Wildman–Crippen LogP) is 2.44. The van der Waals surface area contributed by atoms with Gasteiger partial charge in [-0.25, -0.2) is 0 Å². The summed E-state index contributed by atoms with van der Waals surface area (Å²) >= 11 is 6.15. The molecule has 1 atom stereocenters. The Labute approximate surface area is 128 Å². The van der Waals surface area contributed by atoms with E-state index in [0.717, 1.165) is 17.5 Å². The van der Waals surface area contributed by atoms with Crippen LogP contribution in [0.15, 0.2) is 12.1 Å². The molecule has 114 valence electrons. The summed E-state index contributed by atoms with van der Waals surface area (Å²) < 4.78 is 0. The maximum atomic E-state index is 12.1. The predicted molar refractivity (Wildman–Crippen MR) is 81.8 cm³/mol. The van der Waals surface area contributed by atoms with Crippen molar-refractivity contribution in [3.8, 4) is 0 Å². The Morgan fingerprint density at radius 3 is 2.76 bits per heavy atom. The zero-order valence-corrected chi connectivity index (χ0v) is 12.9. The Bertz CT molecular complexity index is 551. The average Bonchev–Trinajstić information content (AvgIpc) is 2.82. The summed E-state index contributed by atoms with van der Waals surface area (Å²) in [5.41, 5.74) is 2.52. The van der Waals surface area contributed by atoms with Crippen LogP contribution < -0.4 is 5.32 Å². The minimum atomic E-state index is -0.871. The molecule has 21 heavy (non-hydrogen) atoms. The van der Waals surface area contributed by atoms with Gasteiger partial charge in [0.1, 0.15) is 6.04 Å². The van der Waals surface area contributed by atoms with E-state index in [-0.39, 0.29) is 12.5 Å². The summed E-state index contributed by atoms with van der Waals surface area (Å²) in [5, 5.41) is 12.4. The first-order valence-electron chi connectivity index (χ1n) is 6.92. The number of likely N-dealkylation sites (tertiary alicyclic amines) is 1. The third kappa shape index (κ3) is 3.74. The fraction of sp³-hybridized carbons (Fsp3) is 0.467. The molecule has 2 N–H and O–H groups in total. The Morgan fingerprint density at radius 2 is 2.14 bits per heavy atom. The Balaban J connectivity index is 2.04. The SMILES string of the molecule is Cc1cc(C)c(NC(=O)CN2CCC[C@@H]2C(=O)O)c(Cl)c1. The molecule has 1 heterocycles. The summed E-state index contributed by atoms with van der Waals surface area (Å²) in [5.74, 6) is -1.11. The van der Waals surface area contributed by atoms with Gasteiger partial charge in [0.25, 0.3) is 0 Å². The number of amides is 1. The highest BCUT2D eigenvalue weighted by molar-refractivity contribution is 6.34. The van der Waals surface area contributed by atoms with Gasteiger partial charge in [-0.05, 0) is 50.4 Å². The Morgan fingerprint density at radius 1 is 1.43 bits per heavy atom. The van der Waals surface area contributed by atoms with Crippen LogP contribution in [0.3, 0.4) is 0 Å². The van der Waals surface area contributed by atoms with Crippen LogP contribution in [0, 0.1) is 13.8 Å². The van der Waals surface area contributed by atoms with Gasteiger partial charge in [0.15, 0.2) is 0 Å². The topological polar surface area (TPSA) is 69.6 Å². The quantitative estimate of drug-likeness (QED) is 0.896. The molecule has 1 aromatic rings. The molecule has 0 radical (unpaired) electrons. The van der Waals surface area contributed by atoms with Crippen molar-refractivity contribution in [2.45, 2.75) is 32.7 Å². The number of nitrogens with one attached hydrogen (secondary N) is 1. The number of aryl methyl sites for hydroxylation is 2. The maximum absolute atomic E-state index is 12.1. The summed E-state index contributed by atoms with van der Waals surface area (Å²) in [6.45, 7) is 4.52. The standard InChI is InChI=1S/C15H19ClN2O3/c1-9-6-10(2)14(11(16)7-9)17-13(19)8-18-5-3-4-12(18)15(20)21/h6-7,12H,3-5,8H2,1-2H3,(H,17,19)(H,20,21)/t12-/m1/s1. The molecule has 2 rings (SSSR count). The molecule has 1 saturated heterocycles. The lowest BCUT2D eigenvalue weighted by Gasteiger charge is -2.21. The van der Waals surface area contributed by atoms with Crippen LogP contribution in [0.5, 0.6) is 0 Å². The number of hydrogen-bond acceptors (Lipinski definition) is 3. The van der Waals surface area contributed by atoms with Crippen LogP contribution in [-0.4, -0.2) is 41.0 Å². The van der Waals surface area contributed by atoms with Crippen molar-refractivity contribution in [2.24, 2.45) is 0 Å². The first-order chi connectivity index (χ1) is 9.88. The second-order valence-corrected chi connectivity index (χ2v) is 5.86. The Kier molecular flexibility index (Phi) is 4.85. The number of halogens is 1. The van der Waals surface area contributed by atoms with Gasteiger partial charge in [0.05, 0.1) is 17.3 Å². The van der Waals surface area contributed by atoms with Gasteiger partial charge in [-0.1, -0.05) is 17.7 Å². The zero-order valence-electron chi connectivity index (χ0n) is 12.1. The van der Waals surface area contributed by atoms with Crippen LogP contribution >= 0.6 is 11.6 Å². The number of benzene rings is 1.